The number of benzene rings is 1. The van der Waals surface area contributed by atoms with Crippen molar-refractivity contribution in [2.24, 2.45) is 16.7 Å². The van der Waals surface area contributed by atoms with Gasteiger partial charge in [-0.25, -0.2) is 9.59 Å². The molecule has 0 saturated heterocycles. The van der Waals surface area contributed by atoms with Crippen LogP contribution in [0.5, 0.6) is 0 Å². The minimum Gasteiger partial charge on any atom is -0.466 e. The standard InChI is InChI=1S/C25H38N2O6/c1-24(2)14-20(15-25(3,17-24)18-27-22(29)31-4)13-21(28)32-11-8-12-33-23(30)26-16-19-9-6-5-7-10-19/h5-7,9-10,20H,8,11-18H2,1-4H3,(H,26,30)(H,27,29). The van der Waals surface area contributed by atoms with E-state index in [0.29, 0.717) is 25.9 Å². The summed E-state index contributed by atoms with van der Waals surface area (Å²) in [6.07, 6.45) is 2.58. The summed E-state index contributed by atoms with van der Waals surface area (Å²) in [6, 6.07) is 9.57. The van der Waals surface area contributed by atoms with Crippen molar-refractivity contribution in [2.45, 2.75) is 59.4 Å². The molecule has 2 amide bonds. The van der Waals surface area contributed by atoms with Crippen molar-refractivity contribution >= 4 is 18.2 Å². The van der Waals surface area contributed by atoms with Gasteiger partial charge in [0.05, 0.1) is 20.3 Å². The number of rotatable bonds is 10. The largest absolute Gasteiger partial charge is 0.466 e. The Bertz CT molecular complexity index is 782. The van der Waals surface area contributed by atoms with E-state index in [1.807, 2.05) is 30.3 Å². The molecular formula is C25H38N2O6. The predicted octanol–water partition coefficient (Wildman–Crippen LogP) is 4.42. The van der Waals surface area contributed by atoms with Gasteiger partial charge in [-0.1, -0.05) is 51.1 Å². The first-order chi connectivity index (χ1) is 15.6. The Morgan fingerprint density at radius 3 is 2.36 bits per heavy atom. The van der Waals surface area contributed by atoms with Crippen molar-refractivity contribution in [3.05, 3.63) is 35.9 Å². The highest BCUT2D eigenvalue weighted by Gasteiger charge is 2.42. The van der Waals surface area contributed by atoms with Crippen LogP contribution in [-0.4, -0.2) is 45.0 Å². The Morgan fingerprint density at radius 2 is 1.67 bits per heavy atom. The number of hydrogen-bond acceptors (Lipinski definition) is 6. The molecule has 1 fully saturated rings. The van der Waals surface area contributed by atoms with Gasteiger partial charge in [0.25, 0.3) is 0 Å². The van der Waals surface area contributed by atoms with Crippen LogP contribution >= 0.6 is 0 Å². The molecule has 1 aromatic rings. The van der Waals surface area contributed by atoms with Crippen LogP contribution < -0.4 is 10.6 Å². The van der Waals surface area contributed by atoms with E-state index < -0.39 is 12.2 Å². The van der Waals surface area contributed by atoms with Crippen LogP contribution in [0.25, 0.3) is 0 Å². The lowest BCUT2D eigenvalue weighted by Gasteiger charge is -2.46. The summed E-state index contributed by atoms with van der Waals surface area (Å²) in [5.74, 6) is -0.0554. The molecule has 0 aliphatic heterocycles. The molecule has 184 valence electrons. The van der Waals surface area contributed by atoms with Crippen molar-refractivity contribution in [2.75, 3.05) is 26.9 Å². The zero-order valence-corrected chi connectivity index (χ0v) is 20.3. The number of amides is 2. The van der Waals surface area contributed by atoms with Gasteiger partial charge in [0.15, 0.2) is 0 Å². The number of carbonyl (C=O) groups excluding carboxylic acids is 3. The van der Waals surface area contributed by atoms with Crippen molar-refractivity contribution in [1.29, 1.82) is 0 Å². The van der Waals surface area contributed by atoms with Crippen LogP contribution in [-0.2, 0) is 25.5 Å². The third-order valence-electron chi connectivity index (χ3n) is 5.89. The van der Waals surface area contributed by atoms with Gasteiger partial charge >= 0.3 is 18.2 Å². The number of nitrogens with one attached hydrogen (secondary N) is 2. The summed E-state index contributed by atoms with van der Waals surface area (Å²) >= 11 is 0. The Morgan fingerprint density at radius 1 is 0.970 bits per heavy atom. The smallest absolute Gasteiger partial charge is 0.407 e. The van der Waals surface area contributed by atoms with Crippen molar-refractivity contribution in [3.8, 4) is 0 Å². The van der Waals surface area contributed by atoms with Crippen molar-refractivity contribution in [1.82, 2.24) is 10.6 Å². The zero-order chi connectivity index (χ0) is 24.3. The molecule has 1 aromatic carbocycles. The highest BCUT2D eigenvalue weighted by atomic mass is 16.6. The molecule has 0 aromatic heterocycles. The van der Waals surface area contributed by atoms with Crippen LogP contribution in [0, 0.1) is 16.7 Å². The highest BCUT2D eigenvalue weighted by molar-refractivity contribution is 5.70. The minimum absolute atomic E-state index is 0.0662. The highest BCUT2D eigenvalue weighted by Crippen LogP contribution is 2.49. The Kier molecular flexibility index (Phi) is 10.0. The average Bonchev–Trinajstić information content (AvgIpc) is 2.75. The molecular weight excluding hydrogens is 424 g/mol. The van der Waals surface area contributed by atoms with Crippen molar-refractivity contribution < 1.29 is 28.6 Å². The predicted molar refractivity (Wildman–Crippen MR) is 124 cm³/mol. The summed E-state index contributed by atoms with van der Waals surface area (Å²) in [6.45, 7) is 7.84. The van der Waals surface area contributed by atoms with E-state index in [1.165, 1.54) is 7.11 Å². The molecule has 1 saturated carbocycles. The molecule has 1 aliphatic rings. The molecule has 2 N–H and O–H groups in total. The maximum Gasteiger partial charge on any atom is 0.407 e. The molecule has 0 bridgehead atoms. The lowest BCUT2D eigenvalue weighted by molar-refractivity contribution is -0.146. The van der Waals surface area contributed by atoms with Gasteiger partial charge in [-0.3, -0.25) is 4.79 Å². The maximum atomic E-state index is 12.4. The SMILES string of the molecule is COC(=O)NCC1(C)CC(CC(=O)OCCCOC(=O)NCc2ccccc2)CC(C)(C)C1. The summed E-state index contributed by atoms with van der Waals surface area (Å²) in [4.78, 5) is 35.6. The number of esters is 1. The Balaban J connectivity index is 1.65. The zero-order valence-electron chi connectivity index (χ0n) is 20.3. The summed E-state index contributed by atoms with van der Waals surface area (Å²) < 4.78 is 15.2. The first-order valence-electron chi connectivity index (χ1n) is 11.5. The van der Waals surface area contributed by atoms with Crippen LogP contribution in [0.1, 0.15) is 58.4 Å². The van der Waals surface area contributed by atoms with Gasteiger partial charge in [-0.05, 0) is 41.6 Å². The van der Waals surface area contributed by atoms with E-state index in [9.17, 15) is 14.4 Å². The molecule has 0 spiro atoms. The van der Waals surface area contributed by atoms with Gasteiger partial charge in [0.1, 0.15) is 0 Å². The topological polar surface area (TPSA) is 103 Å². The van der Waals surface area contributed by atoms with Crippen molar-refractivity contribution in [3.63, 3.8) is 0 Å². The summed E-state index contributed by atoms with van der Waals surface area (Å²) in [5.41, 5.74) is 0.949. The summed E-state index contributed by atoms with van der Waals surface area (Å²) in [7, 11) is 1.35. The molecule has 0 radical (unpaired) electrons. The quantitative estimate of drug-likeness (QED) is 0.303. The van der Waals surface area contributed by atoms with Crippen LogP contribution in [0.3, 0.4) is 0 Å². The third kappa shape index (κ3) is 10.1. The van der Waals surface area contributed by atoms with Crippen LogP contribution in [0.15, 0.2) is 30.3 Å². The minimum atomic E-state index is -0.491. The number of alkyl carbamates (subject to hydrolysis) is 2. The fourth-order valence-electron chi connectivity index (χ4n) is 5.01. The lowest BCUT2D eigenvalue weighted by Crippen LogP contribution is -2.44. The lowest BCUT2D eigenvalue weighted by atomic mass is 9.60. The number of methoxy groups -OCH3 is 1. The van der Waals surface area contributed by atoms with Gasteiger partial charge in [0, 0.05) is 25.9 Å². The van der Waals surface area contributed by atoms with E-state index in [2.05, 4.69) is 36.1 Å². The van der Waals surface area contributed by atoms with Gasteiger partial charge in [-0.15, -0.1) is 0 Å². The van der Waals surface area contributed by atoms with Gasteiger partial charge in [-0.2, -0.15) is 0 Å². The van der Waals surface area contributed by atoms with E-state index >= 15 is 0 Å². The molecule has 2 atom stereocenters. The maximum absolute atomic E-state index is 12.4. The van der Waals surface area contributed by atoms with Gasteiger partial charge in [0.2, 0.25) is 0 Å². The van der Waals surface area contributed by atoms with E-state index in [4.69, 9.17) is 9.47 Å². The number of ether oxygens (including phenoxy) is 3. The number of carbonyl (C=O) groups is 3. The third-order valence-corrected chi connectivity index (χ3v) is 5.89. The van der Waals surface area contributed by atoms with Crippen LogP contribution in [0.2, 0.25) is 0 Å². The fraction of sp³-hybridized carbons (Fsp3) is 0.640. The van der Waals surface area contributed by atoms with E-state index in [-0.39, 0.29) is 35.9 Å². The van der Waals surface area contributed by atoms with Crippen LogP contribution in [0.4, 0.5) is 9.59 Å². The van der Waals surface area contributed by atoms with E-state index in [0.717, 1.165) is 24.8 Å². The molecule has 0 heterocycles. The second-order valence-corrected chi connectivity index (χ2v) is 10.0. The monoisotopic (exact) mass is 462 g/mol. The molecule has 33 heavy (non-hydrogen) atoms. The van der Waals surface area contributed by atoms with E-state index in [1.54, 1.807) is 0 Å². The first kappa shape index (κ1) is 26.5. The average molecular weight is 463 g/mol. The summed E-state index contributed by atoms with van der Waals surface area (Å²) in [5, 5.41) is 5.49. The molecule has 8 heteroatoms. The number of hydrogen-bond donors (Lipinski definition) is 2. The second kappa shape index (κ2) is 12.5. The normalized spacial score (nSPS) is 21.5. The fourth-order valence-corrected chi connectivity index (χ4v) is 5.01. The van der Waals surface area contributed by atoms with Gasteiger partial charge < -0.3 is 24.8 Å². The first-order valence-corrected chi connectivity index (χ1v) is 11.5. The molecule has 2 rings (SSSR count). The molecule has 1 aliphatic carbocycles. The Labute approximate surface area is 196 Å². The second-order valence-electron chi connectivity index (χ2n) is 10.0. The Hall–Kier alpha value is -2.77. The molecule has 2 unspecified atom stereocenters. The molecule has 8 nitrogen and oxygen atoms in total.